The van der Waals surface area contributed by atoms with Gasteiger partial charge in [-0.25, -0.2) is 4.79 Å². The van der Waals surface area contributed by atoms with E-state index in [4.69, 9.17) is 4.74 Å². The predicted octanol–water partition coefficient (Wildman–Crippen LogP) is 3.69. The molecule has 0 bridgehead atoms. The molecule has 0 unspecified atom stereocenters. The Hall–Kier alpha value is -1.16. The van der Waals surface area contributed by atoms with Gasteiger partial charge in [-0.3, -0.25) is 0 Å². The average molecular weight is 267 g/mol. The highest BCUT2D eigenvalue weighted by molar-refractivity contribution is 7.99. The molecule has 0 aromatic heterocycles. The van der Waals surface area contributed by atoms with Crippen molar-refractivity contribution in [2.75, 3.05) is 5.75 Å². The molecule has 0 saturated carbocycles. The molecule has 1 amide bonds. The Morgan fingerprint density at radius 1 is 1.33 bits per heavy atom. The van der Waals surface area contributed by atoms with Gasteiger partial charge in [0.1, 0.15) is 5.60 Å². The first kappa shape index (κ1) is 14.9. The Bertz CT molecular complexity index is 373. The summed E-state index contributed by atoms with van der Waals surface area (Å²) in [4.78, 5) is 12.7. The molecule has 4 heteroatoms. The topological polar surface area (TPSA) is 38.3 Å². The van der Waals surface area contributed by atoms with Gasteiger partial charge in [-0.2, -0.15) is 0 Å². The third kappa shape index (κ3) is 6.55. The lowest BCUT2D eigenvalue weighted by Crippen LogP contribution is -2.38. The number of carbonyl (C=O) groups excluding carboxylic acids is 1. The summed E-state index contributed by atoms with van der Waals surface area (Å²) >= 11 is 1.72. The molecule has 3 nitrogen and oxygen atoms in total. The average Bonchev–Trinajstić information content (AvgIpc) is 2.25. The fraction of sp³-hybridized carbons (Fsp3) is 0.500. The Morgan fingerprint density at radius 3 is 2.50 bits per heavy atom. The number of hydrogen-bond donors (Lipinski definition) is 1. The second-order valence-electron chi connectivity index (χ2n) is 5.17. The molecule has 0 fully saturated rings. The van der Waals surface area contributed by atoms with Crippen LogP contribution < -0.4 is 5.32 Å². The van der Waals surface area contributed by atoms with Gasteiger partial charge in [0.05, 0.1) is 0 Å². The quantitative estimate of drug-likeness (QED) is 0.845. The number of carbonyl (C=O) groups is 1. The summed E-state index contributed by atoms with van der Waals surface area (Å²) in [5, 5.41) is 2.82. The Kier molecular flexibility index (Phi) is 5.54. The van der Waals surface area contributed by atoms with Crippen molar-refractivity contribution in [1.29, 1.82) is 0 Å². The minimum Gasteiger partial charge on any atom is -0.444 e. The van der Waals surface area contributed by atoms with E-state index >= 15 is 0 Å². The van der Waals surface area contributed by atoms with Gasteiger partial charge in [-0.15, -0.1) is 11.8 Å². The molecule has 0 aliphatic rings. The summed E-state index contributed by atoms with van der Waals surface area (Å²) in [6, 6.07) is 10.2. The molecule has 100 valence electrons. The summed E-state index contributed by atoms with van der Waals surface area (Å²) in [7, 11) is 0. The van der Waals surface area contributed by atoms with Crippen LogP contribution in [0.2, 0.25) is 0 Å². The number of hydrogen-bond acceptors (Lipinski definition) is 3. The van der Waals surface area contributed by atoms with E-state index in [9.17, 15) is 4.79 Å². The van der Waals surface area contributed by atoms with Crippen LogP contribution in [-0.4, -0.2) is 23.5 Å². The molecule has 0 spiro atoms. The van der Waals surface area contributed by atoms with Gasteiger partial charge in [-0.05, 0) is 39.8 Å². The van der Waals surface area contributed by atoms with Gasteiger partial charge >= 0.3 is 6.09 Å². The Morgan fingerprint density at radius 2 is 1.94 bits per heavy atom. The number of nitrogens with one attached hydrogen (secondary N) is 1. The minimum absolute atomic E-state index is 0.0741. The molecule has 0 aliphatic carbocycles. The molecule has 1 atom stereocenters. The summed E-state index contributed by atoms with van der Waals surface area (Å²) in [5.74, 6) is 0.823. The SMILES string of the molecule is C[C@H](CSc1ccccc1)NC(=O)OC(C)(C)C. The summed E-state index contributed by atoms with van der Waals surface area (Å²) in [6.07, 6.45) is -0.358. The maximum atomic E-state index is 11.5. The van der Waals surface area contributed by atoms with E-state index < -0.39 is 5.60 Å². The van der Waals surface area contributed by atoms with Crippen molar-refractivity contribution in [3.8, 4) is 0 Å². The minimum atomic E-state index is -0.448. The van der Waals surface area contributed by atoms with Crippen LogP contribution in [0, 0.1) is 0 Å². The van der Waals surface area contributed by atoms with Gasteiger partial charge < -0.3 is 10.1 Å². The zero-order valence-electron chi connectivity index (χ0n) is 11.4. The highest BCUT2D eigenvalue weighted by atomic mass is 32.2. The lowest BCUT2D eigenvalue weighted by Gasteiger charge is -2.21. The van der Waals surface area contributed by atoms with Crippen LogP contribution >= 0.6 is 11.8 Å². The van der Waals surface area contributed by atoms with Crippen LogP contribution in [0.1, 0.15) is 27.7 Å². The lowest BCUT2D eigenvalue weighted by atomic mass is 10.2. The maximum Gasteiger partial charge on any atom is 0.407 e. The lowest BCUT2D eigenvalue weighted by molar-refractivity contribution is 0.0513. The molecule has 1 rings (SSSR count). The van der Waals surface area contributed by atoms with E-state index in [2.05, 4.69) is 17.4 Å². The molecule has 1 N–H and O–H groups in total. The molecule has 1 aromatic carbocycles. The van der Waals surface area contributed by atoms with Crippen LogP contribution in [0.15, 0.2) is 35.2 Å². The van der Waals surface area contributed by atoms with Gasteiger partial charge in [0, 0.05) is 16.7 Å². The number of thioether (sulfide) groups is 1. The van der Waals surface area contributed by atoms with E-state index in [0.717, 1.165) is 5.75 Å². The van der Waals surface area contributed by atoms with Crippen LogP contribution in [0.3, 0.4) is 0 Å². The number of rotatable bonds is 4. The van der Waals surface area contributed by atoms with Crippen LogP contribution in [0.5, 0.6) is 0 Å². The first-order chi connectivity index (χ1) is 8.37. The zero-order chi connectivity index (χ0) is 13.6. The fourth-order valence-corrected chi connectivity index (χ4v) is 2.16. The molecule has 18 heavy (non-hydrogen) atoms. The van der Waals surface area contributed by atoms with Gasteiger partial charge in [0.25, 0.3) is 0 Å². The van der Waals surface area contributed by atoms with Crippen LogP contribution in [-0.2, 0) is 4.74 Å². The summed E-state index contributed by atoms with van der Waals surface area (Å²) in [6.45, 7) is 7.54. The predicted molar refractivity (Wildman–Crippen MR) is 76.0 cm³/mol. The zero-order valence-corrected chi connectivity index (χ0v) is 12.2. The molecule has 0 saturated heterocycles. The Labute approximate surface area is 113 Å². The monoisotopic (exact) mass is 267 g/mol. The molecule has 0 aliphatic heterocycles. The summed E-state index contributed by atoms with van der Waals surface area (Å²) in [5.41, 5.74) is -0.448. The normalized spacial score (nSPS) is 12.9. The van der Waals surface area contributed by atoms with Gasteiger partial charge in [0.15, 0.2) is 0 Å². The van der Waals surface area contributed by atoms with E-state index in [1.165, 1.54) is 4.90 Å². The molecular formula is C14H21NO2S. The van der Waals surface area contributed by atoms with E-state index in [1.807, 2.05) is 45.9 Å². The Balaban J connectivity index is 2.29. The first-order valence-corrected chi connectivity index (χ1v) is 7.03. The first-order valence-electron chi connectivity index (χ1n) is 6.04. The van der Waals surface area contributed by atoms with Crippen molar-refractivity contribution in [2.45, 2.75) is 44.2 Å². The molecule has 0 radical (unpaired) electrons. The van der Waals surface area contributed by atoms with Crippen molar-refractivity contribution >= 4 is 17.9 Å². The fourth-order valence-electron chi connectivity index (χ4n) is 1.29. The van der Waals surface area contributed by atoms with Crippen molar-refractivity contribution < 1.29 is 9.53 Å². The highest BCUT2D eigenvalue weighted by Gasteiger charge is 2.17. The van der Waals surface area contributed by atoms with Crippen LogP contribution in [0.25, 0.3) is 0 Å². The van der Waals surface area contributed by atoms with Crippen molar-refractivity contribution in [3.63, 3.8) is 0 Å². The second-order valence-corrected chi connectivity index (χ2v) is 6.26. The van der Waals surface area contributed by atoms with Crippen LogP contribution in [0.4, 0.5) is 4.79 Å². The largest absolute Gasteiger partial charge is 0.444 e. The van der Waals surface area contributed by atoms with Crippen molar-refractivity contribution in [2.24, 2.45) is 0 Å². The second kappa shape index (κ2) is 6.69. The van der Waals surface area contributed by atoms with Gasteiger partial charge in [-0.1, -0.05) is 18.2 Å². The van der Waals surface area contributed by atoms with E-state index in [0.29, 0.717) is 0 Å². The maximum absolute atomic E-state index is 11.5. The van der Waals surface area contributed by atoms with Gasteiger partial charge in [0.2, 0.25) is 0 Å². The van der Waals surface area contributed by atoms with Crippen molar-refractivity contribution in [1.82, 2.24) is 5.32 Å². The van der Waals surface area contributed by atoms with E-state index in [-0.39, 0.29) is 12.1 Å². The molecule has 0 heterocycles. The standard InChI is InChI=1S/C14H21NO2S/c1-11(15-13(16)17-14(2,3)4)10-18-12-8-6-5-7-9-12/h5-9,11H,10H2,1-4H3,(H,15,16)/t11-/m1/s1. The third-order valence-electron chi connectivity index (χ3n) is 2.01. The number of ether oxygens (including phenoxy) is 1. The highest BCUT2D eigenvalue weighted by Crippen LogP contribution is 2.17. The smallest absolute Gasteiger partial charge is 0.407 e. The third-order valence-corrected chi connectivity index (χ3v) is 3.28. The molecule has 1 aromatic rings. The molecular weight excluding hydrogens is 246 g/mol. The van der Waals surface area contributed by atoms with E-state index in [1.54, 1.807) is 11.8 Å². The number of amides is 1. The summed E-state index contributed by atoms with van der Waals surface area (Å²) < 4.78 is 5.20. The number of alkyl carbamates (subject to hydrolysis) is 1. The van der Waals surface area contributed by atoms with Crippen molar-refractivity contribution in [3.05, 3.63) is 30.3 Å². The number of benzene rings is 1.